The van der Waals surface area contributed by atoms with Gasteiger partial charge >= 0.3 is 0 Å². The highest BCUT2D eigenvalue weighted by atomic mass is 79.9. The Morgan fingerprint density at radius 2 is 2.10 bits per heavy atom. The second-order valence-electron chi connectivity index (χ2n) is 4.37. The molecule has 2 aromatic heterocycles. The molecule has 0 radical (unpaired) electrons. The summed E-state index contributed by atoms with van der Waals surface area (Å²) in [5.74, 6) is -0.471. The summed E-state index contributed by atoms with van der Waals surface area (Å²) in [4.78, 5) is 15.0. The number of hydrogen-bond donors (Lipinski definition) is 0. The van der Waals surface area contributed by atoms with Gasteiger partial charge in [-0.25, -0.2) is 9.07 Å². The summed E-state index contributed by atoms with van der Waals surface area (Å²) in [5, 5.41) is 4.36. The van der Waals surface area contributed by atoms with E-state index < -0.39 is 5.82 Å². The van der Waals surface area contributed by atoms with Crippen LogP contribution in [0.5, 0.6) is 0 Å². The lowest BCUT2D eigenvalue weighted by atomic mass is 10.1. The maximum Gasteiger partial charge on any atom is 0.153 e. The van der Waals surface area contributed by atoms with Crippen LogP contribution in [0.4, 0.5) is 4.39 Å². The van der Waals surface area contributed by atoms with Crippen molar-refractivity contribution >= 4 is 22.2 Å². The fourth-order valence-corrected chi connectivity index (χ4v) is 2.38. The second-order valence-corrected chi connectivity index (χ2v) is 5.28. The van der Waals surface area contributed by atoms with Crippen LogP contribution >= 0.6 is 15.9 Å². The first kappa shape index (κ1) is 13.6. The molecule has 0 fully saturated rings. The molecule has 0 spiro atoms. The molecule has 0 bridgehead atoms. The quantitative estimate of drug-likeness (QED) is 0.680. The molecule has 6 heteroatoms. The molecule has 104 valence electrons. The van der Waals surface area contributed by atoms with Crippen LogP contribution < -0.4 is 0 Å². The van der Waals surface area contributed by atoms with Crippen molar-refractivity contribution in [3.8, 4) is 16.9 Å². The van der Waals surface area contributed by atoms with Gasteiger partial charge in [0, 0.05) is 22.4 Å². The van der Waals surface area contributed by atoms with E-state index in [0.717, 1.165) is 16.4 Å². The van der Waals surface area contributed by atoms with Gasteiger partial charge in [0.25, 0.3) is 0 Å². The van der Waals surface area contributed by atoms with E-state index in [1.54, 1.807) is 10.9 Å². The number of aromatic nitrogens is 3. The first-order valence-electron chi connectivity index (χ1n) is 6.09. The Balaban J connectivity index is 2.13. The Kier molecular flexibility index (Phi) is 3.62. The van der Waals surface area contributed by atoms with Crippen LogP contribution in [0.2, 0.25) is 0 Å². The third kappa shape index (κ3) is 2.75. The number of rotatable bonds is 3. The highest BCUT2D eigenvalue weighted by molar-refractivity contribution is 9.10. The summed E-state index contributed by atoms with van der Waals surface area (Å²) in [6, 6.07) is 8.79. The van der Waals surface area contributed by atoms with Crippen molar-refractivity contribution in [2.45, 2.75) is 0 Å². The average Bonchev–Trinajstić information content (AvgIpc) is 2.91. The van der Waals surface area contributed by atoms with Crippen molar-refractivity contribution in [3.05, 3.63) is 64.8 Å². The zero-order chi connectivity index (χ0) is 14.8. The second kappa shape index (κ2) is 5.57. The van der Waals surface area contributed by atoms with E-state index in [2.05, 4.69) is 26.0 Å². The highest BCUT2D eigenvalue weighted by Crippen LogP contribution is 2.23. The molecular formula is C15H9BrFN3O. The number of hydrogen-bond acceptors (Lipinski definition) is 3. The summed E-state index contributed by atoms with van der Waals surface area (Å²) in [6.07, 6.45) is 4.88. The van der Waals surface area contributed by atoms with Gasteiger partial charge in [0.2, 0.25) is 0 Å². The van der Waals surface area contributed by atoms with E-state index in [-0.39, 0.29) is 0 Å². The Bertz CT molecular complexity index is 816. The molecule has 21 heavy (non-hydrogen) atoms. The van der Waals surface area contributed by atoms with Gasteiger partial charge in [0.05, 0.1) is 17.4 Å². The Labute approximate surface area is 128 Å². The topological polar surface area (TPSA) is 47.8 Å². The molecule has 0 amide bonds. The van der Waals surface area contributed by atoms with Crippen molar-refractivity contribution in [2.75, 3.05) is 0 Å². The smallest absolute Gasteiger partial charge is 0.153 e. The minimum atomic E-state index is -0.471. The molecule has 1 aromatic carbocycles. The Hall–Kier alpha value is -2.34. The minimum absolute atomic E-state index is 0.377. The zero-order valence-corrected chi connectivity index (χ0v) is 12.3. The van der Waals surface area contributed by atoms with E-state index >= 15 is 0 Å². The number of pyridine rings is 1. The lowest BCUT2D eigenvalue weighted by molar-refractivity contribution is 0.112. The highest BCUT2D eigenvalue weighted by Gasteiger charge is 2.12. The third-order valence-electron chi connectivity index (χ3n) is 2.92. The van der Waals surface area contributed by atoms with Crippen LogP contribution in [0.3, 0.4) is 0 Å². The predicted molar refractivity (Wildman–Crippen MR) is 79.8 cm³/mol. The maximum absolute atomic E-state index is 13.3. The van der Waals surface area contributed by atoms with Gasteiger partial charge in [-0.2, -0.15) is 5.10 Å². The minimum Gasteiger partial charge on any atom is -0.298 e. The van der Waals surface area contributed by atoms with Crippen LogP contribution in [-0.2, 0) is 0 Å². The monoisotopic (exact) mass is 345 g/mol. The first-order valence-corrected chi connectivity index (χ1v) is 6.88. The van der Waals surface area contributed by atoms with Crippen LogP contribution in [0.15, 0.2) is 53.4 Å². The Morgan fingerprint density at radius 1 is 1.24 bits per heavy atom. The number of halogens is 2. The number of nitrogens with zero attached hydrogens (tertiary/aromatic N) is 3. The zero-order valence-electron chi connectivity index (χ0n) is 10.7. The standard InChI is InChI=1S/C15H9BrFN3O/c16-12-2-1-3-14(5-12)20-8-11(9-21)15(19-20)10-4-13(17)7-18-6-10/h1-9H. The van der Waals surface area contributed by atoms with Gasteiger partial charge < -0.3 is 0 Å². The van der Waals surface area contributed by atoms with E-state index in [0.29, 0.717) is 23.1 Å². The van der Waals surface area contributed by atoms with Crippen LogP contribution in [0.1, 0.15) is 10.4 Å². The fraction of sp³-hybridized carbons (Fsp3) is 0. The van der Waals surface area contributed by atoms with Gasteiger partial charge in [0.1, 0.15) is 11.5 Å². The molecule has 0 unspecified atom stereocenters. The molecule has 3 aromatic rings. The van der Waals surface area contributed by atoms with Gasteiger partial charge in [-0.3, -0.25) is 9.78 Å². The maximum atomic E-state index is 13.3. The normalized spacial score (nSPS) is 10.6. The lowest BCUT2D eigenvalue weighted by Crippen LogP contribution is -1.94. The molecule has 0 aliphatic heterocycles. The number of aldehydes is 1. The molecule has 3 rings (SSSR count). The van der Waals surface area contributed by atoms with Crippen molar-refractivity contribution in [1.82, 2.24) is 14.8 Å². The predicted octanol–water partition coefficient (Wildman–Crippen LogP) is 3.65. The van der Waals surface area contributed by atoms with Crippen LogP contribution in [-0.4, -0.2) is 21.1 Å². The average molecular weight is 346 g/mol. The molecule has 0 atom stereocenters. The van der Waals surface area contributed by atoms with Crippen molar-refractivity contribution in [1.29, 1.82) is 0 Å². The molecule has 0 saturated carbocycles. The third-order valence-corrected chi connectivity index (χ3v) is 3.41. The summed E-state index contributed by atoms with van der Waals surface area (Å²) >= 11 is 3.39. The molecule has 2 heterocycles. The lowest BCUT2D eigenvalue weighted by Gasteiger charge is -2.01. The van der Waals surface area contributed by atoms with Gasteiger partial charge in [0.15, 0.2) is 6.29 Å². The fourth-order valence-electron chi connectivity index (χ4n) is 1.99. The number of carbonyl (C=O) groups is 1. The van der Waals surface area contributed by atoms with Gasteiger partial charge in [-0.05, 0) is 24.3 Å². The summed E-state index contributed by atoms with van der Waals surface area (Å²) in [5.41, 5.74) is 2.04. The van der Waals surface area contributed by atoms with Gasteiger partial charge in [-0.1, -0.05) is 22.0 Å². The number of benzene rings is 1. The van der Waals surface area contributed by atoms with E-state index in [9.17, 15) is 9.18 Å². The van der Waals surface area contributed by atoms with Crippen molar-refractivity contribution < 1.29 is 9.18 Å². The van der Waals surface area contributed by atoms with E-state index in [4.69, 9.17) is 0 Å². The van der Waals surface area contributed by atoms with E-state index in [1.165, 1.54) is 12.3 Å². The first-order chi connectivity index (χ1) is 10.2. The summed E-state index contributed by atoms with van der Waals surface area (Å²) < 4.78 is 15.8. The molecule has 0 aliphatic carbocycles. The molecular weight excluding hydrogens is 337 g/mol. The van der Waals surface area contributed by atoms with Gasteiger partial charge in [-0.15, -0.1) is 0 Å². The van der Waals surface area contributed by atoms with Crippen LogP contribution in [0, 0.1) is 5.82 Å². The molecule has 0 saturated heterocycles. The summed E-state index contributed by atoms with van der Waals surface area (Å²) in [7, 11) is 0. The molecule has 0 N–H and O–H groups in total. The Morgan fingerprint density at radius 3 is 2.81 bits per heavy atom. The molecule has 0 aliphatic rings. The summed E-state index contributed by atoms with van der Waals surface area (Å²) in [6.45, 7) is 0. The molecule has 4 nitrogen and oxygen atoms in total. The van der Waals surface area contributed by atoms with Crippen LogP contribution in [0.25, 0.3) is 16.9 Å². The largest absolute Gasteiger partial charge is 0.298 e. The van der Waals surface area contributed by atoms with Crippen molar-refractivity contribution in [3.63, 3.8) is 0 Å². The SMILES string of the molecule is O=Cc1cn(-c2cccc(Br)c2)nc1-c1cncc(F)c1. The number of carbonyl (C=O) groups excluding carboxylic acids is 1. The van der Waals surface area contributed by atoms with E-state index in [1.807, 2.05) is 24.3 Å². The van der Waals surface area contributed by atoms with Crippen molar-refractivity contribution in [2.24, 2.45) is 0 Å².